The summed E-state index contributed by atoms with van der Waals surface area (Å²) in [7, 11) is 0. The van der Waals surface area contributed by atoms with Gasteiger partial charge in [-0.15, -0.1) is 0 Å². The molecular weight excluding hydrogens is 188 g/mol. The highest BCUT2D eigenvalue weighted by Crippen LogP contribution is 2.01. The zero-order valence-corrected chi connectivity index (χ0v) is 8.27. The maximum Gasteiger partial charge on any atom is 0.332 e. The Morgan fingerprint density at radius 1 is 1.29 bits per heavy atom. The molecule has 0 spiro atoms. The van der Waals surface area contributed by atoms with E-state index in [4.69, 9.17) is 16.6 Å². The molecule has 0 radical (unpaired) electrons. The minimum atomic E-state index is -1.20. The summed E-state index contributed by atoms with van der Waals surface area (Å²) in [4.78, 5) is 22.0. The molecule has 0 aromatic carbocycles. The fourth-order valence-corrected chi connectivity index (χ4v) is 0.590. The minimum absolute atomic E-state index is 0.124. The number of rotatable bonds is 4. The highest BCUT2D eigenvalue weighted by Gasteiger charge is 2.24. The zero-order valence-electron chi connectivity index (χ0n) is 8.27. The highest BCUT2D eigenvalue weighted by atomic mass is 16.6. The number of aliphatic hydroxyl groups is 1. The molecule has 0 rings (SSSR count). The van der Waals surface area contributed by atoms with E-state index in [9.17, 15) is 9.59 Å². The van der Waals surface area contributed by atoms with Gasteiger partial charge in [-0.2, -0.15) is 0 Å². The van der Waals surface area contributed by atoms with Crippen LogP contribution in [0.4, 0.5) is 0 Å². The average molecular weight is 204 g/mol. The Balaban J connectivity index is 4.13. The Morgan fingerprint density at radius 2 is 1.79 bits per heavy atom. The molecule has 0 aromatic heterocycles. The molecule has 0 aromatic rings. The number of nitrogens with two attached hydrogens (primary N) is 2. The van der Waals surface area contributed by atoms with E-state index in [0.29, 0.717) is 0 Å². The molecular formula is C8H16N2O4. The smallest absolute Gasteiger partial charge is 0.332 e. The first-order valence-electron chi connectivity index (χ1n) is 4.27. The van der Waals surface area contributed by atoms with Gasteiger partial charge in [0, 0.05) is 0 Å². The molecule has 0 amide bonds. The number of esters is 2. The summed E-state index contributed by atoms with van der Waals surface area (Å²) in [5.74, 6) is -1.91. The van der Waals surface area contributed by atoms with Gasteiger partial charge in [0.05, 0.1) is 6.61 Å². The molecule has 0 saturated carbocycles. The monoisotopic (exact) mass is 204 g/mol. The second kappa shape index (κ2) is 5.69. The van der Waals surface area contributed by atoms with Gasteiger partial charge < -0.3 is 21.3 Å². The molecule has 6 heteroatoms. The van der Waals surface area contributed by atoms with Gasteiger partial charge in [0.25, 0.3) is 0 Å². The van der Waals surface area contributed by atoms with Crippen LogP contribution in [0.15, 0.2) is 0 Å². The Hall–Kier alpha value is -0.980. The fraction of sp³-hybridized carbons (Fsp3) is 0.750. The van der Waals surface area contributed by atoms with Gasteiger partial charge in [0.1, 0.15) is 12.1 Å². The van der Waals surface area contributed by atoms with Crippen LogP contribution in [0, 0.1) is 5.92 Å². The number of carbonyl (C=O) groups is 2. The predicted molar refractivity (Wildman–Crippen MR) is 49.0 cm³/mol. The van der Waals surface area contributed by atoms with Gasteiger partial charge in [0.2, 0.25) is 0 Å². The van der Waals surface area contributed by atoms with E-state index >= 15 is 0 Å². The standard InChI is InChI=1S/C8H16N2O4/c1-4(2)6(10)8(13)14-7(12)5(9)3-11/h4-6,11H,3,9-10H2,1-2H3/t5-,6+/m0/s1. The summed E-state index contributed by atoms with van der Waals surface area (Å²) in [6.07, 6.45) is 0. The number of hydrogen-bond acceptors (Lipinski definition) is 6. The quantitative estimate of drug-likeness (QED) is 0.373. The van der Waals surface area contributed by atoms with Crippen LogP contribution in [0.3, 0.4) is 0 Å². The zero-order chi connectivity index (χ0) is 11.3. The molecule has 6 nitrogen and oxygen atoms in total. The molecule has 5 N–H and O–H groups in total. The molecule has 0 aliphatic heterocycles. The molecule has 14 heavy (non-hydrogen) atoms. The van der Waals surface area contributed by atoms with E-state index in [1.54, 1.807) is 13.8 Å². The molecule has 82 valence electrons. The van der Waals surface area contributed by atoms with E-state index < -0.39 is 30.6 Å². The van der Waals surface area contributed by atoms with Crippen molar-refractivity contribution in [2.45, 2.75) is 25.9 Å². The lowest BCUT2D eigenvalue weighted by Crippen LogP contribution is -2.43. The summed E-state index contributed by atoms with van der Waals surface area (Å²) in [5, 5.41) is 8.50. The van der Waals surface area contributed by atoms with Crippen molar-refractivity contribution in [2.24, 2.45) is 17.4 Å². The first-order valence-corrected chi connectivity index (χ1v) is 4.27. The maximum absolute atomic E-state index is 11.1. The highest BCUT2D eigenvalue weighted by molar-refractivity contribution is 5.90. The van der Waals surface area contributed by atoms with Gasteiger partial charge in [-0.05, 0) is 5.92 Å². The van der Waals surface area contributed by atoms with Crippen LogP contribution >= 0.6 is 0 Å². The second-order valence-corrected chi connectivity index (χ2v) is 3.30. The summed E-state index contributed by atoms with van der Waals surface area (Å²) < 4.78 is 4.34. The van der Waals surface area contributed by atoms with Crippen molar-refractivity contribution in [3.8, 4) is 0 Å². The Kier molecular flexibility index (Phi) is 5.29. The first-order chi connectivity index (χ1) is 6.40. The minimum Gasteiger partial charge on any atom is -0.394 e. The van der Waals surface area contributed by atoms with Crippen molar-refractivity contribution in [1.29, 1.82) is 0 Å². The number of ether oxygens (including phenoxy) is 1. The van der Waals surface area contributed by atoms with Gasteiger partial charge >= 0.3 is 11.9 Å². The van der Waals surface area contributed by atoms with Gasteiger partial charge in [-0.1, -0.05) is 13.8 Å². The Morgan fingerprint density at radius 3 is 2.14 bits per heavy atom. The topological polar surface area (TPSA) is 116 Å². The molecule has 0 aliphatic rings. The van der Waals surface area contributed by atoms with E-state index in [2.05, 4.69) is 4.74 Å². The van der Waals surface area contributed by atoms with Crippen LogP contribution in [0.5, 0.6) is 0 Å². The van der Waals surface area contributed by atoms with Crippen LogP contribution in [0.1, 0.15) is 13.8 Å². The summed E-state index contributed by atoms with van der Waals surface area (Å²) >= 11 is 0. The molecule has 0 saturated heterocycles. The fourth-order valence-electron chi connectivity index (χ4n) is 0.590. The van der Waals surface area contributed by atoms with E-state index in [0.717, 1.165) is 0 Å². The third-order valence-electron chi connectivity index (χ3n) is 1.69. The van der Waals surface area contributed by atoms with Crippen LogP contribution in [0.2, 0.25) is 0 Å². The molecule has 2 atom stereocenters. The third kappa shape index (κ3) is 3.82. The third-order valence-corrected chi connectivity index (χ3v) is 1.69. The molecule has 0 unspecified atom stereocenters. The summed E-state index contributed by atoms with van der Waals surface area (Å²) in [5.41, 5.74) is 10.5. The summed E-state index contributed by atoms with van der Waals surface area (Å²) in [6, 6.07) is -2.05. The second-order valence-electron chi connectivity index (χ2n) is 3.30. The Labute approximate surface area is 82.2 Å². The van der Waals surface area contributed by atoms with Crippen LogP contribution in [-0.4, -0.2) is 35.7 Å². The van der Waals surface area contributed by atoms with Crippen LogP contribution in [-0.2, 0) is 14.3 Å². The lowest BCUT2D eigenvalue weighted by Gasteiger charge is -2.14. The summed E-state index contributed by atoms with van der Waals surface area (Å²) in [6.45, 7) is 2.88. The number of aliphatic hydroxyl groups excluding tert-OH is 1. The molecule has 0 bridgehead atoms. The van der Waals surface area contributed by atoms with Gasteiger partial charge in [-0.25, -0.2) is 9.59 Å². The number of carbonyl (C=O) groups excluding carboxylic acids is 2. The molecule has 0 fully saturated rings. The van der Waals surface area contributed by atoms with E-state index in [1.807, 2.05) is 0 Å². The number of hydrogen-bond donors (Lipinski definition) is 3. The van der Waals surface area contributed by atoms with Crippen LogP contribution < -0.4 is 11.5 Å². The van der Waals surface area contributed by atoms with Crippen molar-refractivity contribution in [1.82, 2.24) is 0 Å². The van der Waals surface area contributed by atoms with Crippen molar-refractivity contribution < 1.29 is 19.4 Å². The van der Waals surface area contributed by atoms with E-state index in [-0.39, 0.29) is 5.92 Å². The van der Waals surface area contributed by atoms with Gasteiger partial charge in [-0.3, -0.25) is 0 Å². The van der Waals surface area contributed by atoms with Crippen molar-refractivity contribution >= 4 is 11.9 Å². The maximum atomic E-state index is 11.1. The van der Waals surface area contributed by atoms with Crippen molar-refractivity contribution in [2.75, 3.05) is 6.61 Å². The lowest BCUT2D eigenvalue weighted by atomic mass is 10.1. The Bertz CT molecular complexity index is 217. The normalized spacial score (nSPS) is 15.0. The predicted octanol–water partition coefficient (Wildman–Crippen LogP) is -1.64. The average Bonchev–Trinajstić information content (AvgIpc) is 2.14. The SMILES string of the molecule is CC(C)[C@@H](N)C(=O)OC(=O)[C@@H](N)CO. The largest absolute Gasteiger partial charge is 0.394 e. The van der Waals surface area contributed by atoms with Crippen LogP contribution in [0.25, 0.3) is 0 Å². The lowest BCUT2D eigenvalue weighted by molar-refractivity contribution is -0.162. The molecule has 0 aliphatic carbocycles. The van der Waals surface area contributed by atoms with E-state index in [1.165, 1.54) is 0 Å². The first kappa shape index (κ1) is 13.0. The van der Waals surface area contributed by atoms with Crippen molar-refractivity contribution in [3.05, 3.63) is 0 Å². The van der Waals surface area contributed by atoms with Crippen molar-refractivity contribution in [3.63, 3.8) is 0 Å². The molecule has 0 heterocycles. The van der Waals surface area contributed by atoms with Gasteiger partial charge in [0.15, 0.2) is 0 Å².